The van der Waals surface area contributed by atoms with Crippen molar-refractivity contribution in [2.24, 2.45) is 5.41 Å². The summed E-state index contributed by atoms with van der Waals surface area (Å²) < 4.78 is 6.12. The third-order valence-corrected chi connectivity index (χ3v) is 4.44. The molecular weight excluding hydrogens is 264 g/mol. The van der Waals surface area contributed by atoms with Crippen LogP contribution in [-0.2, 0) is 4.74 Å². The smallest absolute Gasteiger partial charge is 0.115 e. The summed E-state index contributed by atoms with van der Waals surface area (Å²) in [5.41, 5.74) is 1.42. The van der Waals surface area contributed by atoms with E-state index in [0.29, 0.717) is 0 Å². The average Bonchev–Trinajstić information content (AvgIpc) is 2.47. The first-order valence-electron chi connectivity index (χ1n) is 7.29. The molecule has 1 aliphatic rings. The minimum absolute atomic E-state index is 0.0326. The van der Waals surface area contributed by atoms with Crippen molar-refractivity contribution in [2.45, 2.75) is 45.0 Å². The highest BCUT2D eigenvalue weighted by atomic mass is 16.5. The quantitative estimate of drug-likeness (QED) is 0.830. The molecule has 0 spiro atoms. The SMILES string of the molecule is C=C[C@]1(C)CC[C@@H](C(=C)C)O[C@H]1[C@@H](O)c1ccc(O)cc1. The second kappa shape index (κ2) is 6.04. The number of phenols is 1. The lowest BCUT2D eigenvalue weighted by Gasteiger charge is -2.45. The Morgan fingerprint density at radius 3 is 2.57 bits per heavy atom. The van der Waals surface area contributed by atoms with E-state index in [4.69, 9.17) is 4.74 Å². The van der Waals surface area contributed by atoms with Crippen LogP contribution in [0.15, 0.2) is 49.1 Å². The monoisotopic (exact) mass is 288 g/mol. The zero-order chi connectivity index (χ0) is 15.6. The standard InChI is InChI=1S/C18H24O3/c1-5-18(4)11-10-15(12(2)3)21-17(18)16(20)13-6-8-14(19)9-7-13/h5-9,15-17,19-20H,1-2,10-11H2,3-4H3/t15-,16-,17-,18+/m0/s1. The summed E-state index contributed by atoms with van der Waals surface area (Å²) in [5, 5.41) is 20.1. The van der Waals surface area contributed by atoms with Crippen LogP contribution in [0.3, 0.4) is 0 Å². The molecule has 0 bridgehead atoms. The molecular formula is C18H24O3. The topological polar surface area (TPSA) is 49.7 Å². The predicted molar refractivity (Wildman–Crippen MR) is 84.1 cm³/mol. The van der Waals surface area contributed by atoms with E-state index in [1.165, 1.54) is 0 Å². The Labute approximate surface area is 126 Å². The van der Waals surface area contributed by atoms with E-state index in [9.17, 15) is 10.2 Å². The summed E-state index contributed by atoms with van der Waals surface area (Å²) in [6, 6.07) is 6.58. The number of aliphatic hydroxyl groups excluding tert-OH is 1. The molecule has 1 heterocycles. The molecule has 1 fully saturated rings. The number of rotatable bonds is 4. The molecule has 0 aliphatic carbocycles. The fourth-order valence-corrected chi connectivity index (χ4v) is 2.85. The third kappa shape index (κ3) is 3.20. The molecule has 0 aromatic heterocycles. The molecule has 0 radical (unpaired) electrons. The molecule has 1 aromatic rings. The van der Waals surface area contributed by atoms with Gasteiger partial charge in [-0.05, 0) is 37.5 Å². The van der Waals surface area contributed by atoms with Crippen LogP contribution >= 0.6 is 0 Å². The number of benzene rings is 1. The number of aromatic hydroxyl groups is 1. The van der Waals surface area contributed by atoms with Gasteiger partial charge >= 0.3 is 0 Å². The third-order valence-electron chi connectivity index (χ3n) is 4.44. The van der Waals surface area contributed by atoms with Crippen LogP contribution in [0.2, 0.25) is 0 Å². The fourth-order valence-electron chi connectivity index (χ4n) is 2.85. The van der Waals surface area contributed by atoms with Crippen molar-refractivity contribution in [3.05, 3.63) is 54.6 Å². The van der Waals surface area contributed by atoms with Crippen LogP contribution in [0.5, 0.6) is 5.75 Å². The van der Waals surface area contributed by atoms with Crippen molar-refractivity contribution in [3.8, 4) is 5.75 Å². The van der Waals surface area contributed by atoms with Crippen molar-refractivity contribution in [1.29, 1.82) is 0 Å². The average molecular weight is 288 g/mol. The molecule has 1 saturated heterocycles. The Hall–Kier alpha value is -1.58. The summed E-state index contributed by atoms with van der Waals surface area (Å²) in [7, 11) is 0. The zero-order valence-electron chi connectivity index (χ0n) is 12.7. The lowest BCUT2D eigenvalue weighted by molar-refractivity contribution is -0.144. The van der Waals surface area contributed by atoms with Crippen molar-refractivity contribution in [3.63, 3.8) is 0 Å². The summed E-state index contributed by atoms with van der Waals surface area (Å²) in [4.78, 5) is 0. The molecule has 3 heteroatoms. The minimum atomic E-state index is -0.768. The highest BCUT2D eigenvalue weighted by Crippen LogP contribution is 2.44. The zero-order valence-corrected chi connectivity index (χ0v) is 12.7. The summed E-state index contributed by atoms with van der Waals surface area (Å²) in [6.45, 7) is 11.9. The van der Waals surface area contributed by atoms with Gasteiger partial charge in [-0.3, -0.25) is 0 Å². The molecule has 21 heavy (non-hydrogen) atoms. The first-order valence-corrected chi connectivity index (χ1v) is 7.29. The largest absolute Gasteiger partial charge is 0.508 e. The van der Waals surface area contributed by atoms with Gasteiger partial charge in [0.2, 0.25) is 0 Å². The maximum atomic E-state index is 10.7. The first kappa shape index (κ1) is 15.8. The van der Waals surface area contributed by atoms with Gasteiger partial charge < -0.3 is 14.9 Å². The number of aliphatic hydroxyl groups is 1. The summed E-state index contributed by atoms with van der Waals surface area (Å²) in [6.07, 6.45) is 2.47. The van der Waals surface area contributed by atoms with E-state index in [-0.39, 0.29) is 23.4 Å². The Morgan fingerprint density at radius 1 is 1.43 bits per heavy atom. The Bertz CT molecular complexity index is 520. The Morgan fingerprint density at radius 2 is 2.05 bits per heavy atom. The molecule has 2 rings (SSSR count). The van der Waals surface area contributed by atoms with Gasteiger partial charge in [0.1, 0.15) is 11.9 Å². The van der Waals surface area contributed by atoms with Crippen LogP contribution in [0.4, 0.5) is 0 Å². The molecule has 0 saturated carbocycles. The van der Waals surface area contributed by atoms with Gasteiger partial charge in [0, 0.05) is 5.41 Å². The number of ether oxygens (including phenoxy) is 1. The molecule has 1 aromatic carbocycles. The fraction of sp³-hybridized carbons (Fsp3) is 0.444. The van der Waals surface area contributed by atoms with Crippen LogP contribution in [0.25, 0.3) is 0 Å². The van der Waals surface area contributed by atoms with Crippen LogP contribution in [-0.4, -0.2) is 22.4 Å². The molecule has 2 N–H and O–H groups in total. The van der Waals surface area contributed by atoms with E-state index < -0.39 is 6.10 Å². The van der Waals surface area contributed by atoms with Crippen molar-refractivity contribution in [2.75, 3.05) is 0 Å². The van der Waals surface area contributed by atoms with Crippen LogP contribution < -0.4 is 0 Å². The van der Waals surface area contributed by atoms with Gasteiger partial charge in [-0.1, -0.05) is 37.3 Å². The van der Waals surface area contributed by atoms with Gasteiger partial charge in [0.15, 0.2) is 0 Å². The van der Waals surface area contributed by atoms with Crippen molar-refractivity contribution < 1.29 is 14.9 Å². The van der Waals surface area contributed by atoms with E-state index in [1.54, 1.807) is 24.3 Å². The number of phenolic OH excluding ortho intramolecular Hbond substituents is 1. The lowest BCUT2D eigenvalue weighted by atomic mass is 9.73. The first-order chi connectivity index (χ1) is 9.87. The van der Waals surface area contributed by atoms with Gasteiger partial charge in [0.05, 0.1) is 12.2 Å². The summed E-state index contributed by atoms with van der Waals surface area (Å²) >= 11 is 0. The molecule has 4 atom stereocenters. The van der Waals surface area contributed by atoms with Gasteiger partial charge in [-0.25, -0.2) is 0 Å². The second-order valence-corrected chi connectivity index (χ2v) is 6.18. The van der Waals surface area contributed by atoms with Gasteiger partial charge in [-0.2, -0.15) is 0 Å². The molecule has 114 valence electrons. The number of hydrogen-bond acceptors (Lipinski definition) is 3. The maximum absolute atomic E-state index is 10.7. The second-order valence-electron chi connectivity index (χ2n) is 6.18. The van der Waals surface area contributed by atoms with Crippen molar-refractivity contribution >= 4 is 0 Å². The number of hydrogen-bond donors (Lipinski definition) is 2. The normalized spacial score (nSPS) is 30.6. The molecule has 1 aliphatic heterocycles. The highest BCUT2D eigenvalue weighted by molar-refractivity contribution is 5.28. The predicted octanol–water partition coefficient (Wildman–Crippen LogP) is 3.74. The van der Waals surface area contributed by atoms with Gasteiger partial charge in [-0.15, -0.1) is 6.58 Å². The van der Waals surface area contributed by atoms with Crippen molar-refractivity contribution in [1.82, 2.24) is 0 Å². The molecule has 0 amide bonds. The summed E-state index contributed by atoms with van der Waals surface area (Å²) in [5.74, 6) is 0.182. The Kier molecular flexibility index (Phi) is 4.55. The molecule has 3 nitrogen and oxygen atoms in total. The van der Waals surface area contributed by atoms with Gasteiger partial charge in [0.25, 0.3) is 0 Å². The molecule has 0 unspecified atom stereocenters. The van der Waals surface area contributed by atoms with E-state index in [1.807, 2.05) is 13.0 Å². The van der Waals surface area contributed by atoms with Crippen LogP contribution in [0, 0.1) is 5.41 Å². The maximum Gasteiger partial charge on any atom is 0.115 e. The van der Waals surface area contributed by atoms with E-state index in [0.717, 1.165) is 24.0 Å². The highest BCUT2D eigenvalue weighted by Gasteiger charge is 2.43. The minimum Gasteiger partial charge on any atom is -0.508 e. The van der Waals surface area contributed by atoms with E-state index >= 15 is 0 Å². The lowest BCUT2D eigenvalue weighted by Crippen LogP contribution is -2.45. The Balaban J connectivity index is 2.28. The van der Waals surface area contributed by atoms with Crippen LogP contribution in [0.1, 0.15) is 38.4 Å². The van der Waals surface area contributed by atoms with E-state index in [2.05, 4.69) is 20.1 Å².